The van der Waals surface area contributed by atoms with Gasteiger partial charge < -0.3 is 10.6 Å². The highest BCUT2D eigenvalue weighted by Gasteiger charge is 2.20. The van der Waals surface area contributed by atoms with Crippen LogP contribution >= 0.6 is 15.9 Å². The molecule has 1 aromatic heterocycles. The summed E-state index contributed by atoms with van der Waals surface area (Å²) in [4.78, 5) is 23.5. The molecule has 3 N–H and O–H groups in total. The standard InChI is InChI=1S/C14H13BrN4O2/c1-7(17-14(21)13-10(15)6-16-19-13)8-2-3-11-9(4-8)5-12(20)18-11/h2-4,6-7H,5H2,1H3,(H,16,19)(H,17,21)(H,18,20)/t7-/m0/s1. The normalized spacial score (nSPS) is 14.5. The maximum Gasteiger partial charge on any atom is 0.270 e. The predicted octanol–water partition coefficient (Wildman–Crippen LogP) is 2.16. The number of nitrogens with one attached hydrogen (secondary N) is 3. The molecule has 0 fully saturated rings. The molecule has 0 saturated heterocycles. The van der Waals surface area contributed by atoms with Crippen LogP contribution in [-0.2, 0) is 11.2 Å². The zero-order valence-electron chi connectivity index (χ0n) is 11.2. The number of fused-ring (bicyclic) bond motifs is 1. The fourth-order valence-electron chi connectivity index (χ4n) is 2.30. The summed E-state index contributed by atoms with van der Waals surface area (Å²) in [5.74, 6) is -0.234. The third kappa shape index (κ3) is 2.69. The summed E-state index contributed by atoms with van der Waals surface area (Å²) in [5, 5.41) is 12.1. The number of H-pyrrole nitrogens is 1. The largest absolute Gasteiger partial charge is 0.344 e. The molecule has 0 unspecified atom stereocenters. The van der Waals surface area contributed by atoms with E-state index in [9.17, 15) is 9.59 Å². The van der Waals surface area contributed by atoms with Gasteiger partial charge in [0.15, 0.2) is 0 Å². The van der Waals surface area contributed by atoms with Crippen molar-refractivity contribution < 1.29 is 9.59 Å². The number of halogens is 1. The van der Waals surface area contributed by atoms with Crippen molar-refractivity contribution in [3.05, 3.63) is 45.7 Å². The van der Waals surface area contributed by atoms with Crippen LogP contribution in [0.2, 0.25) is 0 Å². The number of aromatic amines is 1. The number of rotatable bonds is 3. The van der Waals surface area contributed by atoms with Crippen molar-refractivity contribution >= 4 is 33.4 Å². The molecule has 2 aromatic rings. The summed E-state index contributed by atoms with van der Waals surface area (Å²) in [6.45, 7) is 1.90. The average molecular weight is 349 g/mol. The Morgan fingerprint density at radius 1 is 1.48 bits per heavy atom. The van der Waals surface area contributed by atoms with Gasteiger partial charge in [0.2, 0.25) is 5.91 Å². The molecule has 0 bridgehead atoms. The van der Waals surface area contributed by atoms with Gasteiger partial charge in [-0.2, -0.15) is 5.10 Å². The van der Waals surface area contributed by atoms with Crippen molar-refractivity contribution in [3.63, 3.8) is 0 Å². The number of anilines is 1. The summed E-state index contributed by atoms with van der Waals surface area (Å²) < 4.78 is 0.621. The molecule has 108 valence electrons. The first-order chi connectivity index (χ1) is 10.0. The van der Waals surface area contributed by atoms with E-state index >= 15 is 0 Å². The number of carbonyl (C=O) groups excluding carboxylic acids is 2. The maximum atomic E-state index is 12.1. The molecular weight excluding hydrogens is 336 g/mol. The van der Waals surface area contributed by atoms with E-state index in [0.717, 1.165) is 16.8 Å². The van der Waals surface area contributed by atoms with Crippen molar-refractivity contribution in [2.45, 2.75) is 19.4 Å². The fourth-order valence-corrected chi connectivity index (χ4v) is 2.67. The maximum absolute atomic E-state index is 12.1. The highest BCUT2D eigenvalue weighted by atomic mass is 79.9. The molecule has 6 nitrogen and oxygen atoms in total. The lowest BCUT2D eigenvalue weighted by molar-refractivity contribution is -0.115. The predicted molar refractivity (Wildman–Crippen MR) is 80.9 cm³/mol. The topological polar surface area (TPSA) is 86.9 Å². The number of aromatic nitrogens is 2. The van der Waals surface area contributed by atoms with Crippen LogP contribution in [0.25, 0.3) is 0 Å². The smallest absolute Gasteiger partial charge is 0.270 e. The second kappa shape index (κ2) is 5.33. The minimum atomic E-state index is -0.235. The van der Waals surface area contributed by atoms with E-state index < -0.39 is 0 Å². The Balaban J connectivity index is 1.76. The van der Waals surface area contributed by atoms with Gasteiger partial charge >= 0.3 is 0 Å². The number of benzene rings is 1. The third-order valence-corrected chi connectivity index (χ3v) is 4.02. The Kier molecular flexibility index (Phi) is 3.50. The van der Waals surface area contributed by atoms with E-state index in [1.165, 1.54) is 6.20 Å². The van der Waals surface area contributed by atoms with Crippen LogP contribution in [0.3, 0.4) is 0 Å². The van der Waals surface area contributed by atoms with Gasteiger partial charge in [0.25, 0.3) is 5.91 Å². The number of carbonyl (C=O) groups is 2. The fraction of sp³-hybridized carbons (Fsp3) is 0.214. The van der Waals surface area contributed by atoms with E-state index in [0.29, 0.717) is 16.6 Å². The molecule has 1 atom stereocenters. The lowest BCUT2D eigenvalue weighted by atomic mass is 10.0. The highest BCUT2D eigenvalue weighted by Crippen LogP contribution is 2.26. The highest BCUT2D eigenvalue weighted by molar-refractivity contribution is 9.10. The lowest BCUT2D eigenvalue weighted by Gasteiger charge is -2.15. The summed E-state index contributed by atoms with van der Waals surface area (Å²) >= 11 is 3.26. The van der Waals surface area contributed by atoms with Gasteiger partial charge in [0.1, 0.15) is 5.69 Å². The van der Waals surface area contributed by atoms with Crippen LogP contribution in [0.5, 0.6) is 0 Å². The van der Waals surface area contributed by atoms with Crippen molar-refractivity contribution in [1.82, 2.24) is 15.5 Å². The Morgan fingerprint density at radius 2 is 2.29 bits per heavy atom. The van der Waals surface area contributed by atoms with Crippen LogP contribution in [0.1, 0.15) is 34.6 Å². The Labute approximate surface area is 129 Å². The molecule has 0 spiro atoms. The molecule has 0 aliphatic carbocycles. The molecule has 0 radical (unpaired) electrons. The SMILES string of the molecule is C[C@H](NC(=O)c1[nH]ncc1Br)c1ccc2c(c1)CC(=O)N2. The molecule has 21 heavy (non-hydrogen) atoms. The van der Waals surface area contributed by atoms with E-state index in [2.05, 4.69) is 36.8 Å². The Hall–Kier alpha value is -2.15. The molecule has 1 aromatic carbocycles. The first-order valence-electron chi connectivity index (χ1n) is 6.47. The van der Waals surface area contributed by atoms with Crippen LogP contribution in [0, 0.1) is 0 Å². The quantitative estimate of drug-likeness (QED) is 0.794. The number of hydrogen-bond donors (Lipinski definition) is 3. The minimum absolute atomic E-state index is 0.000212. The van der Waals surface area contributed by atoms with Gasteiger partial charge in [-0.3, -0.25) is 14.7 Å². The van der Waals surface area contributed by atoms with Crippen LogP contribution < -0.4 is 10.6 Å². The zero-order chi connectivity index (χ0) is 15.0. The van der Waals surface area contributed by atoms with Crippen LogP contribution in [0.15, 0.2) is 28.9 Å². The van der Waals surface area contributed by atoms with Crippen molar-refractivity contribution in [2.75, 3.05) is 5.32 Å². The second-order valence-electron chi connectivity index (χ2n) is 4.93. The number of nitrogens with zero attached hydrogens (tertiary/aromatic N) is 1. The molecule has 7 heteroatoms. The zero-order valence-corrected chi connectivity index (χ0v) is 12.8. The summed E-state index contributed by atoms with van der Waals surface area (Å²) in [6.07, 6.45) is 1.92. The summed E-state index contributed by atoms with van der Waals surface area (Å²) in [6, 6.07) is 5.54. The van der Waals surface area contributed by atoms with Crippen LogP contribution in [-0.4, -0.2) is 22.0 Å². The average Bonchev–Trinajstić information content (AvgIpc) is 3.02. The van der Waals surface area contributed by atoms with Gasteiger partial charge in [-0.25, -0.2) is 0 Å². The monoisotopic (exact) mass is 348 g/mol. The number of amides is 2. The molecule has 2 amide bonds. The van der Waals surface area contributed by atoms with Gasteiger partial charge in [-0.15, -0.1) is 0 Å². The van der Waals surface area contributed by atoms with Crippen molar-refractivity contribution in [2.24, 2.45) is 0 Å². The molecule has 3 rings (SSSR count). The van der Waals surface area contributed by atoms with Gasteiger partial charge in [-0.1, -0.05) is 12.1 Å². The molecule has 1 aliphatic heterocycles. The van der Waals surface area contributed by atoms with Gasteiger partial charge in [0.05, 0.1) is 23.1 Å². The first kappa shape index (κ1) is 13.8. The van der Waals surface area contributed by atoms with Crippen molar-refractivity contribution in [1.29, 1.82) is 0 Å². The van der Waals surface area contributed by atoms with E-state index in [1.807, 2.05) is 25.1 Å². The molecule has 1 aliphatic rings. The van der Waals surface area contributed by atoms with Gasteiger partial charge in [-0.05, 0) is 40.0 Å². The summed E-state index contributed by atoms with van der Waals surface area (Å²) in [5.41, 5.74) is 3.15. The van der Waals surface area contributed by atoms with E-state index in [-0.39, 0.29) is 17.9 Å². The lowest BCUT2D eigenvalue weighted by Crippen LogP contribution is -2.27. The number of hydrogen-bond acceptors (Lipinski definition) is 3. The minimum Gasteiger partial charge on any atom is -0.344 e. The van der Waals surface area contributed by atoms with Crippen molar-refractivity contribution in [3.8, 4) is 0 Å². The van der Waals surface area contributed by atoms with Gasteiger partial charge in [0, 0.05) is 5.69 Å². The summed E-state index contributed by atoms with van der Waals surface area (Å²) in [7, 11) is 0. The third-order valence-electron chi connectivity index (χ3n) is 3.42. The molecule has 2 heterocycles. The Bertz CT molecular complexity index is 726. The molecular formula is C14H13BrN4O2. The second-order valence-corrected chi connectivity index (χ2v) is 5.78. The van der Waals surface area contributed by atoms with Crippen LogP contribution in [0.4, 0.5) is 5.69 Å². The first-order valence-corrected chi connectivity index (χ1v) is 7.26. The molecule has 0 saturated carbocycles. The van der Waals surface area contributed by atoms with E-state index in [1.54, 1.807) is 0 Å². The van der Waals surface area contributed by atoms with E-state index in [4.69, 9.17) is 0 Å². The Morgan fingerprint density at radius 3 is 3.00 bits per heavy atom.